The summed E-state index contributed by atoms with van der Waals surface area (Å²) in [6.07, 6.45) is 0.387. The largest absolute Gasteiger partial charge is 0.435 e. The Morgan fingerprint density at radius 2 is 1.82 bits per heavy atom. The van der Waals surface area contributed by atoms with Crippen LogP contribution in [0.15, 0.2) is 48.5 Å². The molecule has 2 aromatic carbocycles. The second kappa shape index (κ2) is 10.2. The summed E-state index contributed by atoms with van der Waals surface area (Å²) in [7, 11) is 0. The molecular formula is C20H23F2N3O3. The number of amides is 3. The summed E-state index contributed by atoms with van der Waals surface area (Å²) in [5, 5.41) is 7.65. The minimum Gasteiger partial charge on any atom is -0.435 e. The molecule has 1 unspecified atom stereocenters. The molecule has 0 saturated carbocycles. The highest BCUT2D eigenvalue weighted by atomic mass is 19.3. The molecule has 0 aliphatic rings. The molecule has 0 aromatic heterocycles. The Morgan fingerprint density at radius 1 is 1.11 bits per heavy atom. The number of halogens is 2. The second-order valence-electron chi connectivity index (χ2n) is 6.08. The van der Waals surface area contributed by atoms with Crippen LogP contribution in [0.25, 0.3) is 0 Å². The Hall–Kier alpha value is -3.16. The van der Waals surface area contributed by atoms with Crippen LogP contribution in [0.2, 0.25) is 0 Å². The van der Waals surface area contributed by atoms with Crippen molar-refractivity contribution in [1.82, 2.24) is 10.6 Å². The van der Waals surface area contributed by atoms with E-state index in [0.29, 0.717) is 24.2 Å². The molecule has 150 valence electrons. The molecule has 2 aromatic rings. The summed E-state index contributed by atoms with van der Waals surface area (Å²) >= 11 is 0. The number of carbonyl (C=O) groups excluding carboxylic acids is 2. The van der Waals surface area contributed by atoms with Crippen LogP contribution in [-0.4, -0.2) is 31.1 Å². The molecule has 0 radical (unpaired) electrons. The highest BCUT2D eigenvalue weighted by Crippen LogP contribution is 2.27. The van der Waals surface area contributed by atoms with E-state index < -0.39 is 24.6 Å². The lowest BCUT2D eigenvalue weighted by Gasteiger charge is -2.17. The van der Waals surface area contributed by atoms with Gasteiger partial charge in [-0.2, -0.15) is 8.78 Å². The molecule has 0 aliphatic carbocycles. The predicted octanol–water partition coefficient (Wildman–Crippen LogP) is 3.52. The molecule has 0 fully saturated rings. The average Bonchev–Trinajstić information content (AvgIpc) is 2.64. The van der Waals surface area contributed by atoms with Gasteiger partial charge in [0, 0.05) is 24.2 Å². The number of urea groups is 1. The minimum absolute atomic E-state index is 0.0730. The third-order valence-electron chi connectivity index (χ3n) is 3.86. The van der Waals surface area contributed by atoms with Crippen molar-refractivity contribution in [2.75, 3.05) is 11.9 Å². The lowest BCUT2D eigenvalue weighted by atomic mass is 10.0. The molecule has 2 rings (SSSR count). The van der Waals surface area contributed by atoms with Crippen LogP contribution < -0.4 is 20.7 Å². The van der Waals surface area contributed by atoms with Crippen molar-refractivity contribution in [3.63, 3.8) is 0 Å². The van der Waals surface area contributed by atoms with E-state index in [-0.39, 0.29) is 5.75 Å². The van der Waals surface area contributed by atoms with Crippen LogP contribution in [0.1, 0.15) is 25.0 Å². The zero-order valence-electron chi connectivity index (χ0n) is 15.7. The maximum Gasteiger partial charge on any atom is 0.387 e. The fraction of sp³-hybridized carbons (Fsp3) is 0.300. The van der Waals surface area contributed by atoms with Gasteiger partial charge >= 0.3 is 12.6 Å². The number of nitrogens with one attached hydrogen (secondary N) is 3. The van der Waals surface area contributed by atoms with Crippen LogP contribution in [0.3, 0.4) is 0 Å². The predicted molar refractivity (Wildman–Crippen MR) is 103 cm³/mol. The molecule has 8 heteroatoms. The van der Waals surface area contributed by atoms with Crippen LogP contribution in [0.5, 0.6) is 5.75 Å². The molecule has 0 spiro atoms. The first-order chi connectivity index (χ1) is 13.4. The van der Waals surface area contributed by atoms with E-state index in [4.69, 9.17) is 0 Å². The van der Waals surface area contributed by atoms with Gasteiger partial charge in [0.1, 0.15) is 11.8 Å². The quantitative estimate of drug-likeness (QED) is 0.643. The molecule has 6 nitrogen and oxygen atoms in total. The van der Waals surface area contributed by atoms with Crippen molar-refractivity contribution in [3.05, 3.63) is 59.7 Å². The molecule has 0 bridgehead atoms. The summed E-state index contributed by atoms with van der Waals surface area (Å²) in [6.45, 7) is 0.794. The lowest BCUT2D eigenvalue weighted by molar-refractivity contribution is -0.120. The standard InChI is InChI=1S/C20H23F2N3O3/c1-3-23-20(27)25-18(26)13(2)24-16-9-10-17(28-19(21)22)15(12-16)11-14-7-5-4-6-8-14/h4-10,12-13,19,24H,3,11H2,1-2H3,(H2,23,25,26,27). The van der Waals surface area contributed by atoms with E-state index in [2.05, 4.69) is 20.7 Å². The third kappa shape index (κ3) is 6.53. The van der Waals surface area contributed by atoms with E-state index in [0.717, 1.165) is 5.56 Å². The van der Waals surface area contributed by atoms with Gasteiger partial charge in [-0.3, -0.25) is 10.1 Å². The highest BCUT2D eigenvalue weighted by Gasteiger charge is 2.17. The Balaban J connectivity index is 2.15. The summed E-state index contributed by atoms with van der Waals surface area (Å²) < 4.78 is 30.0. The van der Waals surface area contributed by atoms with Gasteiger partial charge in [-0.05, 0) is 37.6 Å². The molecule has 3 N–H and O–H groups in total. The molecular weight excluding hydrogens is 368 g/mol. The number of benzene rings is 2. The van der Waals surface area contributed by atoms with E-state index in [1.165, 1.54) is 6.07 Å². The van der Waals surface area contributed by atoms with Crippen molar-refractivity contribution >= 4 is 17.6 Å². The summed E-state index contributed by atoms with van der Waals surface area (Å²) in [5.41, 5.74) is 2.03. The zero-order valence-corrected chi connectivity index (χ0v) is 15.7. The topological polar surface area (TPSA) is 79.5 Å². The van der Waals surface area contributed by atoms with Crippen LogP contribution in [0.4, 0.5) is 19.3 Å². The second-order valence-corrected chi connectivity index (χ2v) is 6.08. The van der Waals surface area contributed by atoms with Gasteiger partial charge in [-0.1, -0.05) is 30.3 Å². The van der Waals surface area contributed by atoms with Gasteiger partial charge < -0.3 is 15.4 Å². The van der Waals surface area contributed by atoms with Crippen molar-refractivity contribution in [2.24, 2.45) is 0 Å². The summed E-state index contributed by atoms with van der Waals surface area (Å²) in [6, 6.07) is 12.7. The van der Waals surface area contributed by atoms with Crippen LogP contribution in [0, 0.1) is 0 Å². The minimum atomic E-state index is -2.94. The van der Waals surface area contributed by atoms with E-state index in [1.54, 1.807) is 26.0 Å². The Bertz CT molecular complexity index is 801. The zero-order chi connectivity index (χ0) is 20.5. The molecule has 28 heavy (non-hydrogen) atoms. The molecule has 0 aliphatic heterocycles. The lowest BCUT2D eigenvalue weighted by Crippen LogP contribution is -2.45. The Morgan fingerprint density at radius 3 is 2.46 bits per heavy atom. The van der Waals surface area contributed by atoms with E-state index in [1.807, 2.05) is 30.3 Å². The van der Waals surface area contributed by atoms with Crippen molar-refractivity contribution in [2.45, 2.75) is 32.9 Å². The number of carbonyl (C=O) groups is 2. The molecule has 3 amide bonds. The number of anilines is 1. The van der Waals surface area contributed by atoms with Gasteiger partial charge in [-0.25, -0.2) is 4.79 Å². The normalized spacial score (nSPS) is 11.6. The first kappa shape index (κ1) is 21.1. The number of alkyl halides is 2. The number of hydrogen-bond acceptors (Lipinski definition) is 4. The maximum absolute atomic E-state index is 12.7. The number of ether oxygens (including phenoxy) is 1. The molecule has 1 atom stereocenters. The fourth-order valence-corrected chi connectivity index (χ4v) is 2.57. The fourth-order valence-electron chi connectivity index (χ4n) is 2.57. The van der Waals surface area contributed by atoms with Gasteiger partial charge in [0.2, 0.25) is 5.91 Å². The van der Waals surface area contributed by atoms with Gasteiger partial charge in [0.05, 0.1) is 0 Å². The van der Waals surface area contributed by atoms with Gasteiger partial charge in [0.25, 0.3) is 0 Å². The SMILES string of the molecule is CCNC(=O)NC(=O)C(C)Nc1ccc(OC(F)F)c(Cc2ccccc2)c1. The van der Waals surface area contributed by atoms with Gasteiger partial charge in [-0.15, -0.1) is 0 Å². The van der Waals surface area contributed by atoms with Gasteiger partial charge in [0.15, 0.2) is 0 Å². The van der Waals surface area contributed by atoms with Crippen LogP contribution >= 0.6 is 0 Å². The number of rotatable bonds is 8. The monoisotopic (exact) mass is 391 g/mol. The first-order valence-corrected chi connectivity index (χ1v) is 8.86. The van der Waals surface area contributed by atoms with E-state index >= 15 is 0 Å². The highest BCUT2D eigenvalue weighted by molar-refractivity contribution is 5.97. The third-order valence-corrected chi connectivity index (χ3v) is 3.86. The van der Waals surface area contributed by atoms with Crippen molar-refractivity contribution in [1.29, 1.82) is 0 Å². The summed E-state index contributed by atoms with van der Waals surface area (Å²) in [4.78, 5) is 23.5. The number of hydrogen-bond donors (Lipinski definition) is 3. The Kier molecular flexibility index (Phi) is 7.74. The summed E-state index contributed by atoms with van der Waals surface area (Å²) in [5.74, 6) is -0.438. The first-order valence-electron chi connectivity index (χ1n) is 8.86. The average molecular weight is 391 g/mol. The van der Waals surface area contributed by atoms with Crippen molar-refractivity contribution < 1.29 is 23.1 Å². The smallest absolute Gasteiger partial charge is 0.387 e. The number of imide groups is 1. The maximum atomic E-state index is 12.7. The molecule has 0 saturated heterocycles. The van der Waals surface area contributed by atoms with E-state index in [9.17, 15) is 18.4 Å². The Labute approximate surface area is 162 Å². The molecule has 0 heterocycles. The van der Waals surface area contributed by atoms with Crippen molar-refractivity contribution in [3.8, 4) is 5.75 Å². The van der Waals surface area contributed by atoms with Crippen LogP contribution in [-0.2, 0) is 11.2 Å².